The van der Waals surface area contributed by atoms with Crippen molar-refractivity contribution in [2.24, 2.45) is 0 Å². The molecule has 1 aromatic carbocycles. The molecule has 3 N–H and O–H groups in total. The van der Waals surface area contributed by atoms with Gasteiger partial charge < -0.3 is 15.7 Å². The lowest BCUT2D eigenvalue weighted by atomic mass is 10.1. The van der Waals surface area contributed by atoms with Crippen molar-refractivity contribution in [1.29, 1.82) is 0 Å². The molecule has 0 saturated carbocycles. The number of hydrogen-bond acceptors (Lipinski definition) is 2. The second kappa shape index (κ2) is 5.27. The Hall–Kier alpha value is -1.75. The Morgan fingerprint density at radius 3 is 2.44 bits per heavy atom. The molecule has 6 heteroatoms. The first kappa shape index (κ1) is 14.3. The Morgan fingerprint density at radius 2 is 1.94 bits per heavy atom. The molecule has 2 amide bonds. The van der Waals surface area contributed by atoms with Crippen LogP contribution < -0.4 is 10.6 Å². The first-order valence-electron chi connectivity index (χ1n) is 5.31. The van der Waals surface area contributed by atoms with E-state index in [4.69, 9.17) is 16.7 Å². The van der Waals surface area contributed by atoms with Crippen molar-refractivity contribution in [2.45, 2.75) is 26.3 Å². The van der Waals surface area contributed by atoms with Gasteiger partial charge in [-0.05, 0) is 38.5 Å². The molecule has 18 heavy (non-hydrogen) atoms. The second-order valence-corrected chi connectivity index (χ2v) is 4.90. The summed E-state index contributed by atoms with van der Waals surface area (Å²) in [5.41, 5.74) is 0.0547. The van der Waals surface area contributed by atoms with E-state index in [0.717, 1.165) is 5.56 Å². The third-order valence-corrected chi connectivity index (χ3v) is 2.65. The minimum Gasteiger partial charge on any atom is -0.480 e. The lowest BCUT2D eigenvalue weighted by Crippen LogP contribution is -2.51. The molecule has 0 aromatic heterocycles. The third-order valence-electron chi connectivity index (χ3n) is 2.33. The van der Waals surface area contributed by atoms with E-state index in [1.54, 1.807) is 18.2 Å². The number of carbonyl (C=O) groups is 2. The van der Waals surface area contributed by atoms with E-state index in [9.17, 15) is 9.59 Å². The van der Waals surface area contributed by atoms with Gasteiger partial charge in [0.2, 0.25) is 0 Å². The lowest BCUT2D eigenvalue weighted by Gasteiger charge is -2.21. The fourth-order valence-corrected chi connectivity index (χ4v) is 1.49. The number of anilines is 1. The smallest absolute Gasteiger partial charge is 0.328 e. The highest BCUT2D eigenvalue weighted by molar-refractivity contribution is 6.33. The number of carboxylic acids is 1. The Bertz CT molecular complexity index is 486. The van der Waals surface area contributed by atoms with Crippen LogP contribution >= 0.6 is 11.6 Å². The average Bonchev–Trinajstić information content (AvgIpc) is 2.21. The van der Waals surface area contributed by atoms with E-state index in [-0.39, 0.29) is 0 Å². The van der Waals surface area contributed by atoms with Crippen LogP contribution in [0.3, 0.4) is 0 Å². The average molecular weight is 271 g/mol. The van der Waals surface area contributed by atoms with Gasteiger partial charge in [0.1, 0.15) is 5.54 Å². The molecule has 5 nitrogen and oxygen atoms in total. The van der Waals surface area contributed by atoms with Crippen LogP contribution in [0.5, 0.6) is 0 Å². The number of nitrogens with one attached hydrogen (secondary N) is 2. The zero-order chi connectivity index (χ0) is 13.9. The molecule has 0 spiro atoms. The Labute approximate surface area is 110 Å². The molecular formula is C12H15ClN2O3. The standard InChI is InChI=1S/C12H15ClN2O3/c1-7-4-5-9(8(13)6-7)14-11(18)15-12(2,3)10(16)17/h4-6H,1-3H3,(H,16,17)(H2,14,15,18). The number of rotatable bonds is 3. The molecule has 0 aliphatic rings. The number of carbonyl (C=O) groups excluding carboxylic acids is 1. The van der Waals surface area contributed by atoms with Gasteiger partial charge in [0, 0.05) is 0 Å². The van der Waals surface area contributed by atoms with Crippen molar-refractivity contribution in [3.05, 3.63) is 28.8 Å². The molecule has 0 heterocycles. The van der Waals surface area contributed by atoms with Gasteiger partial charge in [0.15, 0.2) is 0 Å². The van der Waals surface area contributed by atoms with E-state index >= 15 is 0 Å². The van der Waals surface area contributed by atoms with Gasteiger partial charge in [-0.25, -0.2) is 9.59 Å². The number of halogens is 1. The van der Waals surface area contributed by atoms with Crippen LogP contribution in [0.15, 0.2) is 18.2 Å². The summed E-state index contributed by atoms with van der Waals surface area (Å²) in [7, 11) is 0. The number of aliphatic carboxylic acids is 1. The molecular weight excluding hydrogens is 256 g/mol. The molecule has 0 radical (unpaired) electrons. The van der Waals surface area contributed by atoms with Gasteiger partial charge in [-0.3, -0.25) is 0 Å². The molecule has 0 aliphatic heterocycles. The molecule has 0 fully saturated rings. The molecule has 0 unspecified atom stereocenters. The number of aryl methyl sites for hydroxylation is 1. The maximum absolute atomic E-state index is 11.6. The minimum absolute atomic E-state index is 0.401. The maximum Gasteiger partial charge on any atom is 0.328 e. The van der Waals surface area contributed by atoms with Crippen LogP contribution in [0.25, 0.3) is 0 Å². The van der Waals surface area contributed by atoms with E-state index in [0.29, 0.717) is 10.7 Å². The molecule has 0 atom stereocenters. The van der Waals surface area contributed by atoms with E-state index in [2.05, 4.69) is 10.6 Å². The van der Waals surface area contributed by atoms with Crippen molar-refractivity contribution < 1.29 is 14.7 Å². The number of amides is 2. The number of urea groups is 1. The van der Waals surface area contributed by atoms with Gasteiger partial charge in [-0.2, -0.15) is 0 Å². The molecule has 0 bridgehead atoms. The maximum atomic E-state index is 11.6. The summed E-state index contributed by atoms with van der Waals surface area (Å²) < 4.78 is 0. The first-order valence-corrected chi connectivity index (χ1v) is 5.69. The summed E-state index contributed by atoms with van der Waals surface area (Å²) in [5.74, 6) is -1.12. The monoisotopic (exact) mass is 270 g/mol. The highest BCUT2D eigenvalue weighted by Crippen LogP contribution is 2.22. The lowest BCUT2D eigenvalue weighted by molar-refractivity contribution is -0.142. The summed E-state index contributed by atoms with van der Waals surface area (Å²) in [6.45, 7) is 4.67. The van der Waals surface area contributed by atoms with Crippen molar-refractivity contribution in [2.75, 3.05) is 5.32 Å². The van der Waals surface area contributed by atoms with Crippen molar-refractivity contribution in [1.82, 2.24) is 5.32 Å². The second-order valence-electron chi connectivity index (χ2n) is 4.49. The fourth-order valence-electron chi connectivity index (χ4n) is 1.21. The zero-order valence-corrected chi connectivity index (χ0v) is 11.1. The Balaban J connectivity index is 2.74. The predicted octanol–water partition coefficient (Wildman–Crippen LogP) is 2.63. The normalized spacial score (nSPS) is 10.9. The van der Waals surface area contributed by atoms with Gasteiger partial charge in [-0.1, -0.05) is 17.7 Å². The van der Waals surface area contributed by atoms with Crippen LogP contribution in [-0.4, -0.2) is 22.6 Å². The van der Waals surface area contributed by atoms with Gasteiger partial charge in [-0.15, -0.1) is 0 Å². The quantitative estimate of drug-likeness (QED) is 0.790. The van der Waals surface area contributed by atoms with Gasteiger partial charge >= 0.3 is 12.0 Å². The number of carboxylic acid groups (broad SMARTS) is 1. The zero-order valence-electron chi connectivity index (χ0n) is 10.4. The molecule has 1 aromatic rings. The molecule has 0 saturated heterocycles. The van der Waals surface area contributed by atoms with Gasteiger partial charge in [0.05, 0.1) is 10.7 Å². The highest BCUT2D eigenvalue weighted by Gasteiger charge is 2.29. The van der Waals surface area contributed by atoms with Crippen molar-refractivity contribution in [3.63, 3.8) is 0 Å². The summed E-state index contributed by atoms with van der Waals surface area (Å²) >= 11 is 5.95. The van der Waals surface area contributed by atoms with Crippen LogP contribution in [-0.2, 0) is 4.79 Å². The summed E-state index contributed by atoms with van der Waals surface area (Å²) in [6, 6.07) is 4.54. The summed E-state index contributed by atoms with van der Waals surface area (Å²) in [5, 5.41) is 14.1. The number of benzene rings is 1. The third kappa shape index (κ3) is 3.63. The fraction of sp³-hybridized carbons (Fsp3) is 0.333. The highest BCUT2D eigenvalue weighted by atomic mass is 35.5. The van der Waals surface area contributed by atoms with E-state index in [1.807, 2.05) is 6.92 Å². The van der Waals surface area contributed by atoms with Crippen LogP contribution in [0.2, 0.25) is 5.02 Å². The molecule has 0 aliphatic carbocycles. The van der Waals surface area contributed by atoms with Gasteiger partial charge in [0.25, 0.3) is 0 Å². The largest absolute Gasteiger partial charge is 0.480 e. The summed E-state index contributed by atoms with van der Waals surface area (Å²) in [4.78, 5) is 22.5. The Kier molecular flexibility index (Phi) is 4.19. The van der Waals surface area contributed by atoms with Crippen LogP contribution in [0.4, 0.5) is 10.5 Å². The topological polar surface area (TPSA) is 78.4 Å². The summed E-state index contributed by atoms with van der Waals surface area (Å²) in [6.07, 6.45) is 0. The molecule has 1 rings (SSSR count). The van der Waals surface area contributed by atoms with E-state index < -0.39 is 17.5 Å². The SMILES string of the molecule is Cc1ccc(NC(=O)NC(C)(C)C(=O)O)c(Cl)c1. The van der Waals surface area contributed by atoms with Crippen LogP contribution in [0.1, 0.15) is 19.4 Å². The van der Waals surface area contributed by atoms with Crippen molar-refractivity contribution in [3.8, 4) is 0 Å². The van der Waals surface area contributed by atoms with E-state index in [1.165, 1.54) is 13.8 Å². The number of hydrogen-bond donors (Lipinski definition) is 3. The first-order chi connectivity index (χ1) is 8.22. The predicted molar refractivity (Wildman–Crippen MR) is 70.1 cm³/mol. The molecule has 98 valence electrons. The minimum atomic E-state index is -1.35. The van der Waals surface area contributed by atoms with Crippen molar-refractivity contribution >= 4 is 29.3 Å². The Morgan fingerprint density at radius 1 is 1.33 bits per heavy atom. The van der Waals surface area contributed by atoms with Crippen LogP contribution in [0, 0.1) is 6.92 Å².